The van der Waals surface area contributed by atoms with E-state index in [-0.39, 0.29) is 24.2 Å². The van der Waals surface area contributed by atoms with Crippen LogP contribution < -0.4 is 14.4 Å². The number of ether oxygens (including phenoxy) is 1. The molecule has 198 valence electrons. The Bertz CT molecular complexity index is 1090. The number of benzene rings is 2. The monoisotopic (exact) mass is 517 g/mol. The zero-order valence-electron chi connectivity index (χ0n) is 21.9. The first-order valence-corrected chi connectivity index (χ1v) is 14.3. The second-order valence-corrected chi connectivity index (χ2v) is 10.6. The molecule has 2 rings (SSSR count). The molecule has 2 aromatic rings. The molecule has 0 bridgehead atoms. The summed E-state index contributed by atoms with van der Waals surface area (Å²) in [6.45, 7) is 7.73. The van der Waals surface area contributed by atoms with Crippen molar-refractivity contribution >= 4 is 27.5 Å². The molecular formula is C27H39N3O5S. The van der Waals surface area contributed by atoms with E-state index in [0.717, 1.165) is 22.5 Å². The van der Waals surface area contributed by atoms with Gasteiger partial charge in [-0.2, -0.15) is 0 Å². The first-order valence-electron chi connectivity index (χ1n) is 12.5. The fraction of sp³-hybridized carbons (Fsp3) is 0.481. The Kier molecular flexibility index (Phi) is 11.2. The van der Waals surface area contributed by atoms with Crippen molar-refractivity contribution in [3.63, 3.8) is 0 Å². The van der Waals surface area contributed by atoms with Crippen LogP contribution in [-0.4, -0.2) is 63.2 Å². The number of amides is 2. The summed E-state index contributed by atoms with van der Waals surface area (Å²) in [4.78, 5) is 28.4. The third-order valence-corrected chi connectivity index (χ3v) is 7.11. The van der Waals surface area contributed by atoms with E-state index < -0.39 is 28.5 Å². The van der Waals surface area contributed by atoms with E-state index in [1.807, 2.05) is 51.1 Å². The van der Waals surface area contributed by atoms with Gasteiger partial charge in [0.05, 0.1) is 18.6 Å². The van der Waals surface area contributed by atoms with Crippen molar-refractivity contribution in [2.75, 3.05) is 30.3 Å². The highest BCUT2D eigenvalue weighted by molar-refractivity contribution is 7.92. The lowest BCUT2D eigenvalue weighted by Gasteiger charge is -2.33. The first kappa shape index (κ1) is 29.2. The third kappa shape index (κ3) is 8.26. The summed E-state index contributed by atoms with van der Waals surface area (Å²) < 4.78 is 32.3. The molecule has 0 saturated heterocycles. The van der Waals surface area contributed by atoms with Crippen LogP contribution >= 0.6 is 0 Å². The quantitative estimate of drug-likeness (QED) is 0.413. The highest BCUT2D eigenvalue weighted by Gasteiger charge is 2.32. The lowest BCUT2D eigenvalue weighted by Crippen LogP contribution is -2.54. The topological polar surface area (TPSA) is 96.0 Å². The summed E-state index contributed by atoms with van der Waals surface area (Å²) in [5.74, 6) is -0.321. The molecule has 2 amide bonds. The van der Waals surface area contributed by atoms with Gasteiger partial charge in [-0.05, 0) is 50.8 Å². The predicted molar refractivity (Wildman–Crippen MR) is 144 cm³/mol. The predicted octanol–water partition coefficient (Wildman–Crippen LogP) is 3.62. The van der Waals surface area contributed by atoms with Crippen LogP contribution in [0.3, 0.4) is 0 Å². The second kappa shape index (κ2) is 13.9. The molecule has 9 heteroatoms. The molecule has 0 radical (unpaired) electrons. The van der Waals surface area contributed by atoms with Gasteiger partial charge in [-0.25, -0.2) is 8.42 Å². The number of hydrogen-bond donors (Lipinski definition) is 1. The SMILES string of the molecule is CCOc1ccccc1N(CC(=O)N(CCc1ccccc1)[C@H](CC)C(=O)N[C@H](C)CC)S(C)(=O)=O. The van der Waals surface area contributed by atoms with Crippen LogP contribution in [0.5, 0.6) is 5.75 Å². The number of sulfonamides is 1. The number of anilines is 1. The Morgan fingerprint density at radius 1 is 0.972 bits per heavy atom. The molecule has 0 aromatic heterocycles. The minimum absolute atomic E-state index is 0.0387. The normalized spacial score (nSPS) is 12.9. The number of para-hydroxylation sites is 2. The molecule has 0 saturated carbocycles. The lowest BCUT2D eigenvalue weighted by atomic mass is 10.1. The van der Waals surface area contributed by atoms with Gasteiger partial charge < -0.3 is 15.0 Å². The second-order valence-electron chi connectivity index (χ2n) is 8.74. The summed E-state index contributed by atoms with van der Waals surface area (Å²) in [6, 6.07) is 15.6. The van der Waals surface area contributed by atoms with Gasteiger partial charge in [0.15, 0.2) is 0 Å². The van der Waals surface area contributed by atoms with E-state index >= 15 is 0 Å². The largest absolute Gasteiger partial charge is 0.492 e. The maximum atomic E-state index is 13.7. The van der Waals surface area contributed by atoms with Crippen LogP contribution in [0.4, 0.5) is 5.69 Å². The first-order chi connectivity index (χ1) is 17.1. The number of nitrogens with zero attached hydrogens (tertiary/aromatic N) is 2. The van der Waals surface area contributed by atoms with E-state index in [1.165, 1.54) is 4.90 Å². The fourth-order valence-corrected chi connectivity index (χ4v) is 4.73. The molecule has 0 aliphatic heterocycles. The fourth-order valence-electron chi connectivity index (χ4n) is 3.87. The van der Waals surface area contributed by atoms with Gasteiger partial charge in [-0.15, -0.1) is 0 Å². The van der Waals surface area contributed by atoms with Gasteiger partial charge in [-0.3, -0.25) is 13.9 Å². The van der Waals surface area contributed by atoms with Crippen molar-refractivity contribution in [3.05, 3.63) is 60.2 Å². The lowest BCUT2D eigenvalue weighted by molar-refractivity contribution is -0.139. The van der Waals surface area contributed by atoms with Gasteiger partial charge in [0, 0.05) is 12.6 Å². The Morgan fingerprint density at radius 3 is 2.19 bits per heavy atom. The molecule has 2 atom stereocenters. The van der Waals surface area contributed by atoms with Crippen LogP contribution in [0, 0.1) is 0 Å². The van der Waals surface area contributed by atoms with Gasteiger partial charge in [0.25, 0.3) is 0 Å². The van der Waals surface area contributed by atoms with Crippen molar-refractivity contribution in [3.8, 4) is 5.75 Å². The van der Waals surface area contributed by atoms with Crippen molar-refractivity contribution < 1.29 is 22.7 Å². The molecule has 0 fully saturated rings. The number of rotatable bonds is 14. The highest BCUT2D eigenvalue weighted by Crippen LogP contribution is 2.30. The average molecular weight is 518 g/mol. The summed E-state index contributed by atoms with van der Waals surface area (Å²) >= 11 is 0. The smallest absolute Gasteiger partial charge is 0.244 e. The molecule has 36 heavy (non-hydrogen) atoms. The zero-order chi connectivity index (χ0) is 26.7. The van der Waals surface area contributed by atoms with Crippen molar-refractivity contribution in [1.29, 1.82) is 0 Å². The van der Waals surface area contributed by atoms with Crippen LogP contribution in [-0.2, 0) is 26.0 Å². The Balaban J connectivity index is 2.41. The number of hydrogen-bond acceptors (Lipinski definition) is 5. The number of carbonyl (C=O) groups is 2. The molecule has 2 aromatic carbocycles. The minimum Gasteiger partial charge on any atom is -0.492 e. The molecule has 0 aliphatic rings. The maximum absolute atomic E-state index is 13.7. The molecular weight excluding hydrogens is 478 g/mol. The molecule has 0 unspecified atom stereocenters. The van der Waals surface area contributed by atoms with Crippen molar-refractivity contribution in [2.24, 2.45) is 0 Å². The average Bonchev–Trinajstić information content (AvgIpc) is 2.85. The Labute approximate surface area is 215 Å². The summed E-state index contributed by atoms with van der Waals surface area (Å²) in [5.41, 5.74) is 1.31. The number of carbonyl (C=O) groups excluding carboxylic acids is 2. The molecule has 1 N–H and O–H groups in total. The summed E-state index contributed by atoms with van der Waals surface area (Å²) in [6.07, 6.45) is 2.76. The van der Waals surface area contributed by atoms with E-state index in [1.54, 1.807) is 31.2 Å². The van der Waals surface area contributed by atoms with Gasteiger partial charge in [0.1, 0.15) is 18.3 Å². The van der Waals surface area contributed by atoms with Crippen LogP contribution in [0.15, 0.2) is 54.6 Å². The number of nitrogens with one attached hydrogen (secondary N) is 1. The van der Waals surface area contributed by atoms with Crippen LogP contribution in [0.2, 0.25) is 0 Å². The van der Waals surface area contributed by atoms with E-state index in [4.69, 9.17) is 4.74 Å². The van der Waals surface area contributed by atoms with Crippen molar-refractivity contribution in [1.82, 2.24) is 10.2 Å². The van der Waals surface area contributed by atoms with Crippen LogP contribution in [0.25, 0.3) is 0 Å². The molecule has 0 spiro atoms. The van der Waals surface area contributed by atoms with E-state index in [2.05, 4.69) is 5.32 Å². The van der Waals surface area contributed by atoms with Gasteiger partial charge in [0.2, 0.25) is 21.8 Å². The summed E-state index contributed by atoms with van der Waals surface area (Å²) in [7, 11) is -3.82. The van der Waals surface area contributed by atoms with E-state index in [0.29, 0.717) is 25.2 Å². The molecule has 0 heterocycles. The maximum Gasteiger partial charge on any atom is 0.244 e. The molecule has 0 aliphatic carbocycles. The van der Waals surface area contributed by atoms with Gasteiger partial charge >= 0.3 is 0 Å². The standard InChI is InChI=1S/C27H39N3O5S/c1-6-21(4)28-27(32)23(7-2)29(19-18-22-14-10-9-11-15-22)26(31)20-30(36(5,33)34)24-16-12-13-17-25(24)35-8-3/h9-17,21,23H,6-8,18-20H2,1-5H3,(H,28,32)/t21-,23-/m1/s1. The zero-order valence-corrected chi connectivity index (χ0v) is 22.8. The minimum atomic E-state index is -3.82. The third-order valence-electron chi connectivity index (χ3n) is 5.98. The van der Waals surface area contributed by atoms with Crippen LogP contribution in [0.1, 0.15) is 46.1 Å². The molecule has 8 nitrogen and oxygen atoms in total. The van der Waals surface area contributed by atoms with Gasteiger partial charge in [-0.1, -0.05) is 56.3 Å². The summed E-state index contributed by atoms with van der Waals surface area (Å²) in [5, 5.41) is 2.97. The van der Waals surface area contributed by atoms with E-state index in [9.17, 15) is 18.0 Å². The Hall–Kier alpha value is -3.07. The Morgan fingerprint density at radius 2 is 1.61 bits per heavy atom. The highest BCUT2D eigenvalue weighted by atomic mass is 32.2. The van der Waals surface area contributed by atoms with Crippen molar-refractivity contribution in [2.45, 2.75) is 59.0 Å².